The zero-order valence-electron chi connectivity index (χ0n) is 15.3. The van der Waals surface area contributed by atoms with Crippen LogP contribution < -0.4 is 4.90 Å². The molecule has 2 saturated carbocycles. The SMILES string of the molecule is CCN(CC1CCC1C)c1cc(F)c(CC(O)C2CC2C)c(F)c1O. The quantitative estimate of drug-likeness (QED) is 0.775. The van der Waals surface area contributed by atoms with E-state index >= 15 is 0 Å². The van der Waals surface area contributed by atoms with Crippen LogP contribution in [0.3, 0.4) is 0 Å². The van der Waals surface area contributed by atoms with Crippen molar-refractivity contribution in [3.05, 3.63) is 23.3 Å². The molecule has 140 valence electrons. The third kappa shape index (κ3) is 3.62. The van der Waals surface area contributed by atoms with E-state index < -0.39 is 23.5 Å². The molecule has 1 aromatic carbocycles. The lowest BCUT2D eigenvalue weighted by atomic mass is 9.74. The number of anilines is 1. The summed E-state index contributed by atoms with van der Waals surface area (Å²) in [7, 11) is 0. The van der Waals surface area contributed by atoms with Gasteiger partial charge in [-0.1, -0.05) is 20.3 Å². The zero-order chi connectivity index (χ0) is 18.3. The second kappa shape index (κ2) is 7.10. The first kappa shape index (κ1) is 18.4. The first-order valence-corrected chi connectivity index (χ1v) is 9.46. The highest BCUT2D eigenvalue weighted by Crippen LogP contribution is 2.43. The highest BCUT2D eigenvalue weighted by Gasteiger charge is 2.39. The number of rotatable bonds is 7. The predicted octanol–water partition coefficient (Wildman–Crippen LogP) is 4.10. The molecule has 2 aliphatic rings. The molecule has 0 saturated heterocycles. The zero-order valence-corrected chi connectivity index (χ0v) is 15.3. The third-order valence-electron chi connectivity index (χ3n) is 6.32. The Hall–Kier alpha value is -1.36. The Morgan fingerprint density at radius 3 is 2.40 bits per heavy atom. The molecule has 0 heterocycles. The summed E-state index contributed by atoms with van der Waals surface area (Å²) in [5, 5.41) is 20.5. The molecule has 0 spiro atoms. The highest BCUT2D eigenvalue weighted by molar-refractivity contribution is 5.60. The van der Waals surface area contributed by atoms with Gasteiger partial charge >= 0.3 is 0 Å². The molecule has 5 unspecified atom stereocenters. The maximum Gasteiger partial charge on any atom is 0.175 e. The monoisotopic (exact) mass is 353 g/mol. The van der Waals surface area contributed by atoms with Crippen LogP contribution in [0.25, 0.3) is 0 Å². The van der Waals surface area contributed by atoms with Crippen molar-refractivity contribution in [2.75, 3.05) is 18.0 Å². The van der Waals surface area contributed by atoms with Crippen LogP contribution in [0, 0.1) is 35.3 Å². The minimum atomic E-state index is -0.928. The van der Waals surface area contributed by atoms with Crippen molar-refractivity contribution in [2.45, 2.75) is 52.6 Å². The number of hydrogen-bond donors (Lipinski definition) is 2. The largest absolute Gasteiger partial charge is 0.503 e. The maximum atomic E-state index is 14.6. The second-order valence-corrected chi connectivity index (χ2v) is 8.02. The average Bonchev–Trinajstić information content (AvgIpc) is 3.31. The highest BCUT2D eigenvalue weighted by atomic mass is 19.1. The summed E-state index contributed by atoms with van der Waals surface area (Å²) in [5.74, 6) is -0.493. The van der Waals surface area contributed by atoms with Gasteiger partial charge in [0.25, 0.3) is 0 Å². The van der Waals surface area contributed by atoms with Gasteiger partial charge in [0, 0.05) is 31.1 Å². The Kier molecular flexibility index (Phi) is 5.24. The Bertz CT molecular complexity index is 637. The van der Waals surface area contributed by atoms with Gasteiger partial charge in [-0.15, -0.1) is 0 Å². The number of aliphatic hydroxyl groups excluding tert-OH is 1. The second-order valence-electron chi connectivity index (χ2n) is 8.02. The fourth-order valence-corrected chi connectivity index (χ4v) is 4.00. The van der Waals surface area contributed by atoms with E-state index in [0.29, 0.717) is 30.8 Å². The summed E-state index contributed by atoms with van der Waals surface area (Å²) < 4.78 is 29.2. The minimum absolute atomic E-state index is 0.0910. The normalized spacial score (nSPS) is 29.2. The van der Waals surface area contributed by atoms with Crippen LogP contribution in [0.2, 0.25) is 0 Å². The molecule has 5 atom stereocenters. The van der Waals surface area contributed by atoms with Gasteiger partial charge in [0.1, 0.15) is 5.82 Å². The van der Waals surface area contributed by atoms with Crippen LogP contribution in [-0.4, -0.2) is 29.4 Å². The summed E-state index contributed by atoms with van der Waals surface area (Å²) in [6.07, 6.45) is 2.34. The summed E-state index contributed by atoms with van der Waals surface area (Å²) in [6, 6.07) is 1.23. The topological polar surface area (TPSA) is 43.7 Å². The molecule has 0 aliphatic heterocycles. The third-order valence-corrected chi connectivity index (χ3v) is 6.32. The Labute approximate surface area is 148 Å². The molecule has 25 heavy (non-hydrogen) atoms. The lowest BCUT2D eigenvalue weighted by Gasteiger charge is -2.38. The van der Waals surface area contributed by atoms with Gasteiger partial charge < -0.3 is 15.1 Å². The van der Waals surface area contributed by atoms with Crippen molar-refractivity contribution < 1.29 is 19.0 Å². The molecular formula is C20H29F2NO2. The molecule has 0 amide bonds. The first-order chi connectivity index (χ1) is 11.8. The van der Waals surface area contributed by atoms with Crippen molar-refractivity contribution >= 4 is 5.69 Å². The molecule has 1 aromatic rings. The van der Waals surface area contributed by atoms with Crippen LogP contribution in [-0.2, 0) is 6.42 Å². The Balaban J connectivity index is 1.80. The van der Waals surface area contributed by atoms with Gasteiger partial charge in [0.2, 0.25) is 0 Å². The van der Waals surface area contributed by atoms with Gasteiger partial charge in [-0.05, 0) is 43.4 Å². The van der Waals surface area contributed by atoms with Crippen molar-refractivity contribution in [1.29, 1.82) is 0 Å². The van der Waals surface area contributed by atoms with Crippen molar-refractivity contribution in [3.8, 4) is 5.75 Å². The number of nitrogens with zero attached hydrogens (tertiary/aromatic N) is 1. The molecule has 2 aliphatic carbocycles. The van der Waals surface area contributed by atoms with E-state index in [9.17, 15) is 19.0 Å². The summed E-state index contributed by atoms with van der Waals surface area (Å²) in [4.78, 5) is 1.85. The van der Waals surface area contributed by atoms with Gasteiger partial charge in [-0.2, -0.15) is 0 Å². The number of hydrogen-bond acceptors (Lipinski definition) is 3. The molecule has 3 nitrogen and oxygen atoms in total. The average molecular weight is 353 g/mol. The van der Waals surface area contributed by atoms with Gasteiger partial charge in [0.05, 0.1) is 11.8 Å². The lowest BCUT2D eigenvalue weighted by Crippen LogP contribution is -2.37. The smallest absolute Gasteiger partial charge is 0.175 e. The number of phenolic OH excluding ortho intramolecular Hbond substituents is 1. The molecule has 2 fully saturated rings. The van der Waals surface area contributed by atoms with E-state index in [-0.39, 0.29) is 23.6 Å². The van der Waals surface area contributed by atoms with Crippen LogP contribution >= 0.6 is 0 Å². The molecule has 0 radical (unpaired) electrons. The molecule has 0 bridgehead atoms. The molecule has 2 N–H and O–H groups in total. The summed E-state index contributed by atoms with van der Waals surface area (Å²) in [6.45, 7) is 7.40. The summed E-state index contributed by atoms with van der Waals surface area (Å²) >= 11 is 0. The fraction of sp³-hybridized carbons (Fsp3) is 0.700. The van der Waals surface area contributed by atoms with Gasteiger partial charge in [-0.3, -0.25) is 0 Å². The number of halogens is 2. The predicted molar refractivity (Wildman–Crippen MR) is 94.8 cm³/mol. The van der Waals surface area contributed by atoms with Gasteiger partial charge in [0.15, 0.2) is 11.6 Å². The number of phenols is 1. The minimum Gasteiger partial charge on any atom is -0.503 e. The Morgan fingerprint density at radius 1 is 1.24 bits per heavy atom. The summed E-state index contributed by atoms with van der Waals surface area (Å²) in [5.41, 5.74) is 0.00976. The Morgan fingerprint density at radius 2 is 1.92 bits per heavy atom. The van der Waals surface area contributed by atoms with E-state index in [2.05, 4.69) is 6.92 Å². The fourth-order valence-electron chi connectivity index (χ4n) is 4.00. The van der Waals surface area contributed by atoms with Crippen LogP contribution in [0.4, 0.5) is 14.5 Å². The molecular weight excluding hydrogens is 324 g/mol. The number of aromatic hydroxyl groups is 1. The lowest BCUT2D eigenvalue weighted by molar-refractivity contribution is 0.143. The van der Waals surface area contributed by atoms with Crippen LogP contribution in [0.1, 0.15) is 45.6 Å². The van der Waals surface area contributed by atoms with Crippen molar-refractivity contribution in [2.24, 2.45) is 23.7 Å². The first-order valence-electron chi connectivity index (χ1n) is 9.46. The van der Waals surface area contributed by atoms with Crippen molar-refractivity contribution in [1.82, 2.24) is 0 Å². The van der Waals surface area contributed by atoms with Crippen LogP contribution in [0.15, 0.2) is 6.07 Å². The number of aliphatic hydroxyl groups is 1. The molecule has 5 heteroatoms. The van der Waals surface area contributed by atoms with E-state index in [0.717, 1.165) is 12.8 Å². The van der Waals surface area contributed by atoms with Crippen LogP contribution in [0.5, 0.6) is 5.75 Å². The van der Waals surface area contributed by atoms with E-state index in [4.69, 9.17) is 0 Å². The van der Waals surface area contributed by atoms with Crippen molar-refractivity contribution in [3.63, 3.8) is 0 Å². The van der Waals surface area contributed by atoms with E-state index in [1.807, 2.05) is 18.7 Å². The molecule has 0 aromatic heterocycles. The standard InChI is InChI=1S/C20H29F2NO2/c1-4-23(10-13-6-5-11(13)2)17-9-16(21)15(19(22)20(17)25)8-18(24)14-7-12(14)3/h9,11-14,18,24-25H,4-8,10H2,1-3H3. The molecule has 3 rings (SSSR count). The number of benzene rings is 1. The van der Waals surface area contributed by atoms with Gasteiger partial charge in [-0.25, -0.2) is 8.78 Å². The van der Waals surface area contributed by atoms with E-state index in [1.54, 1.807) is 0 Å². The van der Waals surface area contributed by atoms with E-state index in [1.165, 1.54) is 12.5 Å². The maximum absolute atomic E-state index is 14.6.